The smallest absolute Gasteiger partial charge is 0.223 e. The van der Waals surface area contributed by atoms with Crippen LogP contribution in [0.25, 0.3) is 0 Å². The van der Waals surface area contributed by atoms with Crippen molar-refractivity contribution in [1.82, 2.24) is 10.2 Å². The van der Waals surface area contributed by atoms with Gasteiger partial charge in [-0.1, -0.05) is 12.1 Å². The molecule has 1 aliphatic heterocycles. The topological polar surface area (TPSA) is 58.4 Å². The number of piperidine rings is 1. The van der Waals surface area contributed by atoms with E-state index in [4.69, 9.17) is 5.73 Å². The minimum absolute atomic E-state index is 0.0642. The van der Waals surface area contributed by atoms with Crippen LogP contribution in [0.15, 0.2) is 18.2 Å². The highest BCUT2D eigenvalue weighted by atomic mass is 19.1. The van der Waals surface area contributed by atoms with Gasteiger partial charge >= 0.3 is 0 Å². The molecule has 1 fully saturated rings. The molecule has 1 heterocycles. The highest BCUT2D eigenvalue weighted by Gasteiger charge is 2.24. The summed E-state index contributed by atoms with van der Waals surface area (Å²) < 4.78 is 13.4. The van der Waals surface area contributed by atoms with Gasteiger partial charge in [0.1, 0.15) is 5.82 Å². The van der Waals surface area contributed by atoms with Crippen LogP contribution in [-0.2, 0) is 11.3 Å². The maximum atomic E-state index is 13.4. The molecule has 0 radical (unpaired) electrons. The Morgan fingerprint density at radius 2 is 2.14 bits per heavy atom. The molecule has 21 heavy (non-hydrogen) atoms. The van der Waals surface area contributed by atoms with Gasteiger partial charge in [-0.15, -0.1) is 0 Å². The molecule has 2 rings (SSSR count). The van der Waals surface area contributed by atoms with Gasteiger partial charge in [0.2, 0.25) is 5.91 Å². The number of hydrogen-bond acceptors (Lipinski definition) is 3. The summed E-state index contributed by atoms with van der Waals surface area (Å²) in [6, 6.07) is 5.07. The van der Waals surface area contributed by atoms with Crippen LogP contribution in [0, 0.1) is 18.7 Å². The van der Waals surface area contributed by atoms with Gasteiger partial charge in [-0.25, -0.2) is 4.39 Å². The molecule has 116 valence electrons. The number of hydrogen-bond donors (Lipinski definition) is 2. The number of amides is 1. The van der Waals surface area contributed by atoms with Crippen LogP contribution in [0.2, 0.25) is 0 Å². The second kappa shape index (κ2) is 7.52. The van der Waals surface area contributed by atoms with E-state index in [2.05, 4.69) is 10.2 Å². The molecule has 1 aliphatic rings. The lowest BCUT2D eigenvalue weighted by atomic mass is 9.96. The summed E-state index contributed by atoms with van der Waals surface area (Å²) in [5.41, 5.74) is 6.96. The number of aryl methyl sites for hydroxylation is 1. The number of nitrogens with two attached hydrogens (primary N) is 1. The van der Waals surface area contributed by atoms with E-state index < -0.39 is 0 Å². The molecule has 1 aromatic carbocycles. The minimum Gasteiger partial charge on any atom is -0.352 e. The van der Waals surface area contributed by atoms with Gasteiger partial charge in [0, 0.05) is 25.6 Å². The molecule has 5 heteroatoms. The van der Waals surface area contributed by atoms with E-state index in [0.29, 0.717) is 18.7 Å². The van der Waals surface area contributed by atoms with Crippen LogP contribution in [0.4, 0.5) is 4.39 Å². The zero-order valence-corrected chi connectivity index (χ0v) is 12.6. The molecular weight excluding hydrogens is 269 g/mol. The molecule has 1 aromatic rings. The molecule has 0 aromatic heterocycles. The van der Waals surface area contributed by atoms with Gasteiger partial charge in [0.05, 0.1) is 0 Å². The average molecular weight is 293 g/mol. The maximum absolute atomic E-state index is 13.4. The first-order valence-electron chi connectivity index (χ1n) is 7.55. The van der Waals surface area contributed by atoms with Gasteiger partial charge in [0.15, 0.2) is 0 Å². The summed E-state index contributed by atoms with van der Waals surface area (Å²) in [5.74, 6) is -0.0884. The van der Waals surface area contributed by atoms with Crippen LogP contribution in [0.5, 0.6) is 0 Å². The number of likely N-dealkylation sites (tertiary alicyclic amines) is 1. The Bertz CT molecular complexity index is 484. The standard InChI is InChI=1S/C16H24FN3O/c1-12-2-3-13(10-15(12)17)11-19-16(21)14-4-7-20(8-5-14)9-6-18/h2-3,10,14H,4-9,11,18H2,1H3,(H,19,21). The fourth-order valence-electron chi connectivity index (χ4n) is 2.68. The molecule has 1 amide bonds. The highest BCUT2D eigenvalue weighted by Crippen LogP contribution is 2.17. The zero-order valence-electron chi connectivity index (χ0n) is 12.6. The normalized spacial score (nSPS) is 16.9. The predicted octanol–water partition coefficient (Wildman–Crippen LogP) is 1.42. The van der Waals surface area contributed by atoms with E-state index in [1.54, 1.807) is 13.0 Å². The fourth-order valence-corrected chi connectivity index (χ4v) is 2.68. The molecule has 3 N–H and O–H groups in total. The second-order valence-corrected chi connectivity index (χ2v) is 5.71. The summed E-state index contributed by atoms with van der Waals surface area (Å²) in [4.78, 5) is 14.4. The summed E-state index contributed by atoms with van der Waals surface area (Å²) >= 11 is 0. The number of halogens is 1. The van der Waals surface area contributed by atoms with Crippen molar-refractivity contribution in [2.24, 2.45) is 11.7 Å². The summed E-state index contributed by atoms with van der Waals surface area (Å²) in [6.07, 6.45) is 1.74. The lowest BCUT2D eigenvalue weighted by Gasteiger charge is -2.30. The van der Waals surface area contributed by atoms with E-state index >= 15 is 0 Å². The molecule has 4 nitrogen and oxygen atoms in total. The van der Waals surface area contributed by atoms with Crippen LogP contribution < -0.4 is 11.1 Å². The van der Waals surface area contributed by atoms with E-state index in [0.717, 1.165) is 38.0 Å². The van der Waals surface area contributed by atoms with Gasteiger partial charge in [-0.2, -0.15) is 0 Å². The van der Waals surface area contributed by atoms with E-state index in [-0.39, 0.29) is 17.6 Å². The summed E-state index contributed by atoms with van der Waals surface area (Å²) in [7, 11) is 0. The van der Waals surface area contributed by atoms with Gasteiger partial charge in [-0.05, 0) is 50.0 Å². The summed E-state index contributed by atoms with van der Waals surface area (Å²) in [6.45, 7) is 5.53. The van der Waals surface area contributed by atoms with Crippen molar-refractivity contribution < 1.29 is 9.18 Å². The van der Waals surface area contributed by atoms with Crippen molar-refractivity contribution in [1.29, 1.82) is 0 Å². The number of nitrogens with one attached hydrogen (secondary N) is 1. The molecule has 0 spiro atoms. The Balaban J connectivity index is 1.78. The Morgan fingerprint density at radius 1 is 1.43 bits per heavy atom. The van der Waals surface area contributed by atoms with Crippen molar-refractivity contribution in [3.8, 4) is 0 Å². The van der Waals surface area contributed by atoms with Crippen LogP contribution >= 0.6 is 0 Å². The van der Waals surface area contributed by atoms with Gasteiger partial charge < -0.3 is 16.0 Å². The summed E-state index contributed by atoms with van der Waals surface area (Å²) in [5, 5.41) is 2.91. The third kappa shape index (κ3) is 4.51. The Hall–Kier alpha value is -1.46. The monoisotopic (exact) mass is 293 g/mol. The number of nitrogens with zero attached hydrogens (tertiary/aromatic N) is 1. The Kier molecular flexibility index (Phi) is 5.70. The average Bonchev–Trinajstić information content (AvgIpc) is 2.49. The molecule has 0 bridgehead atoms. The number of carbonyl (C=O) groups is 1. The molecular formula is C16H24FN3O. The molecule has 0 atom stereocenters. The second-order valence-electron chi connectivity index (χ2n) is 5.71. The van der Waals surface area contributed by atoms with E-state index in [9.17, 15) is 9.18 Å². The third-order valence-electron chi connectivity index (χ3n) is 4.11. The lowest BCUT2D eigenvalue weighted by molar-refractivity contribution is -0.126. The lowest BCUT2D eigenvalue weighted by Crippen LogP contribution is -2.41. The van der Waals surface area contributed by atoms with Crippen molar-refractivity contribution in [2.45, 2.75) is 26.3 Å². The first kappa shape index (κ1) is 15.9. The van der Waals surface area contributed by atoms with Crippen molar-refractivity contribution in [3.05, 3.63) is 35.1 Å². The highest BCUT2D eigenvalue weighted by molar-refractivity contribution is 5.78. The van der Waals surface area contributed by atoms with Crippen molar-refractivity contribution in [3.63, 3.8) is 0 Å². The minimum atomic E-state index is -0.225. The predicted molar refractivity (Wildman–Crippen MR) is 81.2 cm³/mol. The van der Waals surface area contributed by atoms with Crippen LogP contribution in [0.1, 0.15) is 24.0 Å². The van der Waals surface area contributed by atoms with Crippen molar-refractivity contribution >= 4 is 5.91 Å². The number of carbonyl (C=O) groups excluding carboxylic acids is 1. The molecule has 1 saturated heterocycles. The molecule has 0 unspecified atom stereocenters. The van der Waals surface area contributed by atoms with Gasteiger partial charge in [0.25, 0.3) is 0 Å². The van der Waals surface area contributed by atoms with Gasteiger partial charge in [-0.3, -0.25) is 4.79 Å². The molecule has 0 saturated carbocycles. The first-order chi connectivity index (χ1) is 10.1. The fraction of sp³-hybridized carbons (Fsp3) is 0.562. The number of benzene rings is 1. The maximum Gasteiger partial charge on any atom is 0.223 e. The van der Waals surface area contributed by atoms with Crippen molar-refractivity contribution in [2.75, 3.05) is 26.2 Å². The number of rotatable bonds is 5. The first-order valence-corrected chi connectivity index (χ1v) is 7.55. The Labute approximate surface area is 125 Å². The SMILES string of the molecule is Cc1ccc(CNC(=O)C2CCN(CCN)CC2)cc1F. The Morgan fingerprint density at radius 3 is 2.76 bits per heavy atom. The van der Waals surface area contributed by atoms with Crippen LogP contribution in [0.3, 0.4) is 0 Å². The van der Waals surface area contributed by atoms with E-state index in [1.807, 2.05) is 6.07 Å². The van der Waals surface area contributed by atoms with E-state index in [1.165, 1.54) is 6.07 Å². The quantitative estimate of drug-likeness (QED) is 0.863. The third-order valence-corrected chi connectivity index (χ3v) is 4.11. The largest absolute Gasteiger partial charge is 0.352 e. The van der Waals surface area contributed by atoms with Crippen LogP contribution in [-0.4, -0.2) is 37.0 Å². The zero-order chi connectivity index (χ0) is 15.2. The molecule has 0 aliphatic carbocycles.